The number of alkyl halides is 3. The van der Waals surface area contributed by atoms with E-state index in [1.54, 1.807) is 0 Å². The quantitative estimate of drug-likeness (QED) is 0.263. The molecule has 9 heteroatoms. The first kappa shape index (κ1) is 22.0. The Bertz CT molecular complexity index is 1090. The van der Waals surface area contributed by atoms with Gasteiger partial charge in [-0.25, -0.2) is 8.78 Å². The molecule has 1 unspecified atom stereocenters. The van der Waals surface area contributed by atoms with Crippen molar-refractivity contribution < 1.29 is 27.4 Å². The van der Waals surface area contributed by atoms with E-state index in [9.17, 15) is 13.9 Å². The fraction of sp³-hybridized carbons (Fsp3) is 0.143. The third kappa shape index (κ3) is 4.11. The van der Waals surface area contributed by atoms with Gasteiger partial charge in [-0.05, 0) is 42.5 Å². The Kier molecular flexibility index (Phi) is 6.28. The highest BCUT2D eigenvalue weighted by atomic mass is 127. The molecular formula is C21H13F4IN2O2. The number of nitriles is 1. The molecule has 1 atom stereocenters. The van der Waals surface area contributed by atoms with Crippen molar-refractivity contribution in [3.8, 4) is 17.6 Å². The van der Waals surface area contributed by atoms with Gasteiger partial charge in [0.25, 0.3) is 0 Å². The highest BCUT2D eigenvalue weighted by Gasteiger charge is 2.56. The minimum Gasteiger partial charge on any atom is -0.456 e. The van der Waals surface area contributed by atoms with Crippen LogP contribution in [0.4, 0.5) is 17.6 Å². The summed E-state index contributed by atoms with van der Waals surface area (Å²) in [6, 6.07) is 12.3. The second-order valence-corrected chi connectivity index (χ2v) is 7.07. The van der Waals surface area contributed by atoms with Gasteiger partial charge in [0, 0.05) is 16.1 Å². The van der Waals surface area contributed by atoms with Crippen LogP contribution in [-0.4, -0.2) is 14.5 Å². The molecule has 0 aliphatic heterocycles. The van der Waals surface area contributed by atoms with Crippen LogP contribution >= 0.6 is 22.6 Å². The lowest BCUT2D eigenvalue weighted by atomic mass is 9.86. The lowest BCUT2D eigenvalue weighted by Gasteiger charge is -2.34. The third-order valence-electron chi connectivity index (χ3n) is 4.37. The molecule has 0 amide bonds. The molecule has 0 fully saturated rings. The predicted octanol–water partition coefficient (Wildman–Crippen LogP) is 5.44. The predicted molar refractivity (Wildman–Crippen MR) is 109 cm³/mol. The Hall–Kier alpha value is -2.71. The maximum absolute atomic E-state index is 15.2. The van der Waals surface area contributed by atoms with E-state index in [0.29, 0.717) is 17.4 Å². The summed E-state index contributed by atoms with van der Waals surface area (Å²) < 4.78 is 62.6. The summed E-state index contributed by atoms with van der Waals surface area (Å²) in [7, 11) is 0. The number of halogens is 5. The number of aliphatic hydroxyl groups is 1. The van der Waals surface area contributed by atoms with E-state index in [2.05, 4.69) is 4.98 Å². The molecule has 4 nitrogen and oxygen atoms in total. The summed E-state index contributed by atoms with van der Waals surface area (Å²) in [5.74, 6) is -5.70. The van der Waals surface area contributed by atoms with Crippen LogP contribution in [0, 0.1) is 23.0 Å². The summed E-state index contributed by atoms with van der Waals surface area (Å²) in [5.41, 5.74) is -4.06. The molecule has 154 valence electrons. The van der Waals surface area contributed by atoms with Gasteiger partial charge in [0.1, 0.15) is 28.8 Å². The molecule has 1 N–H and O–H groups in total. The average molecular weight is 528 g/mol. The summed E-state index contributed by atoms with van der Waals surface area (Å²) in [6.07, 6.45) is 1.04. The molecule has 0 spiro atoms. The summed E-state index contributed by atoms with van der Waals surface area (Å²) >= 11 is 1.51. The van der Waals surface area contributed by atoms with Crippen molar-refractivity contribution >= 4 is 22.6 Å². The van der Waals surface area contributed by atoms with Gasteiger partial charge in [-0.15, -0.1) is 0 Å². The molecule has 2 aromatic carbocycles. The van der Waals surface area contributed by atoms with Crippen LogP contribution in [0.3, 0.4) is 0 Å². The normalized spacial score (nSPS) is 13.4. The topological polar surface area (TPSA) is 66.1 Å². The van der Waals surface area contributed by atoms with Crippen LogP contribution in [0.2, 0.25) is 0 Å². The van der Waals surface area contributed by atoms with E-state index in [1.165, 1.54) is 52.9 Å². The molecular weight excluding hydrogens is 515 g/mol. The van der Waals surface area contributed by atoms with E-state index in [1.807, 2.05) is 6.07 Å². The van der Waals surface area contributed by atoms with E-state index in [-0.39, 0.29) is 5.75 Å². The molecule has 3 rings (SSSR count). The number of nitrogens with zero attached hydrogens (tertiary/aromatic N) is 2. The Morgan fingerprint density at radius 1 is 1.03 bits per heavy atom. The monoisotopic (exact) mass is 528 g/mol. The van der Waals surface area contributed by atoms with Gasteiger partial charge in [0.2, 0.25) is 0 Å². The molecule has 0 aliphatic carbocycles. The zero-order valence-electron chi connectivity index (χ0n) is 15.1. The van der Waals surface area contributed by atoms with E-state index >= 15 is 8.78 Å². The van der Waals surface area contributed by atoms with Gasteiger partial charge in [-0.2, -0.15) is 14.0 Å². The van der Waals surface area contributed by atoms with Crippen molar-refractivity contribution in [1.29, 1.82) is 5.26 Å². The average Bonchev–Trinajstić information content (AvgIpc) is 2.74. The molecule has 30 heavy (non-hydrogen) atoms. The molecule has 3 aromatic rings. The van der Waals surface area contributed by atoms with Gasteiger partial charge >= 0.3 is 5.92 Å². The van der Waals surface area contributed by atoms with Crippen LogP contribution in [0.15, 0.2) is 60.8 Å². The minimum absolute atomic E-state index is 0.144. The fourth-order valence-electron chi connectivity index (χ4n) is 2.72. The van der Waals surface area contributed by atoms with E-state index in [0.717, 1.165) is 24.4 Å². The van der Waals surface area contributed by atoms with Gasteiger partial charge in [0.05, 0.1) is 17.8 Å². The lowest BCUT2D eigenvalue weighted by Crippen LogP contribution is -2.46. The largest absolute Gasteiger partial charge is 0.456 e. The molecule has 0 bridgehead atoms. The molecule has 1 heterocycles. The van der Waals surface area contributed by atoms with Gasteiger partial charge < -0.3 is 9.84 Å². The number of aromatic nitrogens is 1. The Morgan fingerprint density at radius 2 is 1.70 bits per heavy atom. The Morgan fingerprint density at radius 3 is 2.23 bits per heavy atom. The molecule has 0 saturated heterocycles. The highest BCUT2D eigenvalue weighted by molar-refractivity contribution is 14.1. The lowest BCUT2D eigenvalue weighted by molar-refractivity contribution is -0.184. The molecule has 0 radical (unpaired) electrons. The second-order valence-electron chi connectivity index (χ2n) is 6.31. The van der Waals surface area contributed by atoms with Crippen molar-refractivity contribution in [1.82, 2.24) is 4.98 Å². The van der Waals surface area contributed by atoms with E-state index < -0.39 is 38.8 Å². The van der Waals surface area contributed by atoms with E-state index in [4.69, 9.17) is 10.00 Å². The molecule has 1 aromatic heterocycles. The smallest absolute Gasteiger partial charge is 0.322 e. The molecule has 0 aliphatic rings. The van der Waals surface area contributed by atoms with Crippen molar-refractivity contribution in [2.24, 2.45) is 0 Å². The minimum atomic E-state index is -3.99. The number of ether oxygens (including phenoxy) is 1. The SMILES string of the molecule is N#Cc1ccc(Oc2ccc(C(F)(F)C(O)(CI)c3ccc(F)cc3F)nc2)cc1. The van der Waals surface area contributed by atoms with Crippen LogP contribution in [0.5, 0.6) is 11.5 Å². The third-order valence-corrected chi connectivity index (χ3v) is 5.47. The summed E-state index contributed by atoms with van der Waals surface area (Å²) in [5, 5.41) is 19.5. The Labute approximate surface area is 182 Å². The zero-order valence-corrected chi connectivity index (χ0v) is 17.3. The maximum Gasteiger partial charge on any atom is 0.322 e. The van der Waals surface area contributed by atoms with Crippen molar-refractivity contribution in [3.63, 3.8) is 0 Å². The number of rotatable bonds is 6. The maximum atomic E-state index is 15.2. The second kappa shape index (κ2) is 8.57. The van der Waals surface area contributed by atoms with Gasteiger partial charge in [-0.1, -0.05) is 28.7 Å². The van der Waals surface area contributed by atoms with Gasteiger partial charge in [-0.3, -0.25) is 4.98 Å². The molecule has 0 saturated carbocycles. The first-order valence-corrected chi connectivity index (χ1v) is 10.00. The number of hydrogen-bond donors (Lipinski definition) is 1. The zero-order chi connectivity index (χ0) is 21.9. The number of pyridine rings is 1. The summed E-state index contributed by atoms with van der Waals surface area (Å²) in [4.78, 5) is 3.68. The van der Waals surface area contributed by atoms with Crippen LogP contribution in [0.1, 0.15) is 16.8 Å². The first-order valence-electron chi connectivity index (χ1n) is 8.47. The highest BCUT2D eigenvalue weighted by Crippen LogP contribution is 2.47. The number of benzene rings is 2. The first-order chi connectivity index (χ1) is 14.2. The summed E-state index contributed by atoms with van der Waals surface area (Å²) in [6.45, 7) is 0. The van der Waals surface area contributed by atoms with Crippen LogP contribution in [0.25, 0.3) is 0 Å². The Balaban J connectivity index is 1.89. The van der Waals surface area contributed by atoms with Crippen molar-refractivity contribution in [3.05, 3.63) is 89.2 Å². The standard InChI is InChI=1S/C21H13F4IN2O2/c22-14-3-7-17(18(23)9-14)20(29,12-26)21(24,25)19-8-6-16(11-28-19)30-15-4-1-13(10-27)2-5-15/h1-9,11,29H,12H2. The number of hydrogen-bond acceptors (Lipinski definition) is 4. The van der Waals surface area contributed by atoms with Crippen LogP contribution in [-0.2, 0) is 11.5 Å². The van der Waals surface area contributed by atoms with Crippen LogP contribution < -0.4 is 4.74 Å². The fourth-order valence-corrected chi connectivity index (χ4v) is 3.61. The van der Waals surface area contributed by atoms with Crippen molar-refractivity contribution in [2.75, 3.05) is 4.43 Å². The van der Waals surface area contributed by atoms with Gasteiger partial charge in [0.15, 0.2) is 5.60 Å². The van der Waals surface area contributed by atoms with Crippen molar-refractivity contribution in [2.45, 2.75) is 11.5 Å².